The van der Waals surface area contributed by atoms with Gasteiger partial charge in [-0.3, -0.25) is 33.7 Å². The van der Waals surface area contributed by atoms with E-state index < -0.39 is 68.1 Å². The van der Waals surface area contributed by atoms with Gasteiger partial charge in [-0.2, -0.15) is 0 Å². The summed E-state index contributed by atoms with van der Waals surface area (Å²) in [5, 5.41) is 7.89. The Morgan fingerprint density at radius 3 is 2.14 bits per heavy atom. The van der Waals surface area contributed by atoms with Crippen LogP contribution in [0, 0.1) is 11.8 Å². The molecular weight excluding hydrogens is 574 g/mol. The predicted octanol–water partition coefficient (Wildman–Crippen LogP) is 0.649. The molecular formula is C29H49N5O8Si. The molecule has 1 aliphatic rings. The first-order valence-electron chi connectivity index (χ1n) is 14.8. The number of nitrogens with one attached hydrogen (secondary N) is 3. The zero-order chi connectivity index (χ0) is 32.7. The highest BCUT2D eigenvalue weighted by Gasteiger charge is 2.31. The number of hydrogen-bond acceptors (Lipinski definition) is 9. The SMILES string of the molecule is CC(C)[C@H](NC(=O)CN1C(=O)C=CC1=O)C(=O)C[C@@H](C)C(=O)NCCC(=O)N[C@@H](CCCCN)C(=O)OCC[Si](C)(C)C. The van der Waals surface area contributed by atoms with Crippen LogP contribution in [0.1, 0.15) is 52.9 Å². The highest BCUT2D eigenvalue weighted by Crippen LogP contribution is 2.13. The molecule has 0 radical (unpaired) electrons. The van der Waals surface area contributed by atoms with Crippen molar-refractivity contribution in [3.63, 3.8) is 0 Å². The van der Waals surface area contributed by atoms with Gasteiger partial charge in [0.2, 0.25) is 17.7 Å². The van der Waals surface area contributed by atoms with Crippen molar-refractivity contribution in [1.29, 1.82) is 0 Å². The van der Waals surface area contributed by atoms with E-state index in [-0.39, 0.29) is 31.1 Å². The maximum absolute atomic E-state index is 12.9. The Bertz CT molecular complexity index is 1040. The maximum Gasteiger partial charge on any atom is 0.328 e. The van der Waals surface area contributed by atoms with E-state index in [1.165, 1.54) is 0 Å². The first kappa shape index (κ1) is 37.6. The molecule has 0 aromatic heterocycles. The summed E-state index contributed by atoms with van der Waals surface area (Å²) in [6, 6.07) is -0.901. The highest BCUT2D eigenvalue weighted by atomic mass is 28.3. The van der Waals surface area contributed by atoms with Gasteiger partial charge in [-0.25, -0.2) is 4.79 Å². The number of unbranched alkanes of at least 4 members (excludes halogenated alkanes) is 1. The molecule has 0 aromatic carbocycles. The third-order valence-corrected chi connectivity index (χ3v) is 8.51. The van der Waals surface area contributed by atoms with Crippen molar-refractivity contribution in [3.05, 3.63) is 12.2 Å². The maximum atomic E-state index is 12.9. The third kappa shape index (κ3) is 14.6. The molecule has 13 nitrogen and oxygen atoms in total. The number of Topliss-reactive ketones (excluding diaryl/α,β-unsaturated/α-hetero) is 1. The average Bonchev–Trinajstić information content (AvgIpc) is 3.22. The van der Waals surface area contributed by atoms with E-state index in [2.05, 4.69) is 35.6 Å². The van der Waals surface area contributed by atoms with Crippen LogP contribution < -0.4 is 21.7 Å². The molecule has 1 aliphatic heterocycles. The topological polar surface area (TPSA) is 194 Å². The summed E-state index contributed by atoms with van der Waals surface area (Å²) in [6.45, 7) is 11.8. The van der Waals surface area contributed by atoms with Crippen LogP contribution in [0.2, 0.25) is 25.7 Å². The summed E-state index contributed by atoms with van der Waals surface area (Å²) in [6.07, 6.45) is 3.64. The monoisotopic (exact) mass is 623 g/mol. The van der Waals surface area contributed by atoms with Gasteiger partial charge in [0.15, 0.2) is 5.78 Å². The third-order valence-electron chi connectivity index (χ3n) is 6.80. The number of ether oxygens (including phenoxy) is 1. The van der Waals surface area contributed by atoms with Crippen molar-refractivity contribution in [2.75, 3.05) is 26.2 Å². The lowest BCUT2D eigenvalue weighted by atomic mass is 9.93. The number of ketones is 1. The number of carbonyl (C=O) groups is 7. The first-order chi connectivity index (χ1) is 20.0. The Morgan fingerprint density at radius 2 is 1.58 bits per heavy atom. The Morgan fingerprint density at radius 1 is 0.953 bits per heavy atom. The van der Waals surface area contributed by atoms with E-state index in [0.29, 0.717) is 32.4 Å². The van der Waals surface area contributed by atoms with E-state index in [0.717, 1.165) is 23.1 Å². The van der Waals surface area contributed by atoms with Crippen LogP contribution in [-0.4, -0.2) is 92.6 Å². The molecule has 1 heterocycles. The minimum Gasteiger partial charge on any atom is -0.464 e. The molecule has 0 unspecified atom stereocenters. The molecule has 43 heavy (non-hydrogen) atoms. The predicted molar refractivity (Wildman–Crippen MR) is 163 cm³/mol. The molecule has 3 atom stereocenters. The Kier molecular flexibility index (Phi) is 16.0. The number of rotatable bonds is 20. The lowest BCUT2D eigenvalue weighted by Crippen LogP contribution is -2.49. The summed E-state index contributed by atoms with van der Waals surface area (Å²) < 4.78 is 5.41. The molecule has 0 aromatic rings. The number of esters is 1. The molecule has 0 spiro atoms. The minimum absolute atomic E-state index is 0.000336. The molecule has 5 N–H and O–H groups in total. The van der Waals surface area contributed by atoms with Crippen molar-refractivity contribution in [3.8, 4) is 0 Å². The number of carbonyl (C=O) groups excluding carboxylic acids is 7. The lowest BCUT2D eigenvalue weighted by Gasteiger charge is -2.24. The van der Waals surface area contributed by atoms with Crippen molar-refractivity contribution in [1.82, 2.24) is 20.9 Å². The molecule has 242 valence electrons. The second kappa shape index (κ2) is 18.3. The molecule has 14 heteroatoms. The molecule has 0 saturated heterocycles. The normalized spacial score (nSPS) is 15.2. The summed E-state index contributed by atoms with van der Waals surface area (Å²) in [4.78, 5) is 87.3. The van der Waals surface area contributed by atoms with Crippen LogP contribution in [0.25, 0.3) is 0 Å². The molecule has 0 aliphatic carbocycles. The summed E-state index contributed by atoms with van der Waals surface area (Å²) in [5.41, 5.74) is 5.56. The number of nitrogens with zero attached hydrogens (tertiary/aromatic N) is 1. The van der Waals surface area contributed by atoms with Crippen molar-refractivity contribution >= 4 is 49.4 Å². The minimum atomic E-state index is -1.39. The summed E-state index contributed by atoms with van der Waals surface area (Å²) in [5.74, 6) is -4.66. The Hall–Kier alpha value is -3.39. The van der Waals surface area contributed by atoms with E-state index in [4.69, 9.17) is 10.5 Å². The number of nitrogens with two attached hydrogens (primary N) is 1. The zero-order valence-electron chi connectivity index (χ0n) is 26.3. The second-order valence-corrected chi connectivity index (χ2v) is 18.0. The fourth-order valence-electron chi connectivity index (χ4n) is 4.13. The van der Waals surface area contributed by atoms with E-state index in [1.807, 2.05) is 0 Å². The smallest absolute Gasteiger partial charge is 0.328 e. The van der Waals surface area contributed by atoms with Crippen LogP contribution in [-0.2, 0) is 38.3 Å². The van der Waals surface area contributed by atoms with Gasteiger partial charge < -0.3 is 26.4 Å². The molecule has 0 saturated carbocycles. The summed E-state index contributed by atoms with van der Waals surface area (Å²) >= 11 is 0. The van der Waals surface area contributed by atoms with Gasteiger partial charge in [0.1, 0.15) is 12.6 Å². The Labute approximate surface area is 255 Å². The van der Waals surface area contributed by atoms with Crippen LogP contribution >= 0.6 is 0 Å². The molecule has 5 amide bonds. The summed E-state index contributed by atoms with van der Waals surface area (Å²) in [7, 11) is -1.39. The van der Waals surface area contributed by atoms with Gasteiger partial charge in [-0.05, 0) is 37.8 Å². The van der Waals surface area contributed by atoms with Crippen LogP contribution in [0.5, 0.6) is 0 Å². The standard InChI is InChI=1S/C29H49N5O8Si/c1-19(2)27(33-24(37)18-34-25(38)10-11-26(34)39)22(35)17-20(3)28(40)31-14-12-23(36)32-21(9-7-8-13-30)29(41)42-15-16-43(4,5)6/h10-11,19-21,27H,7-9,12-18,30H2,1-6H3,(H,31,40)(H,32,36)(H,33,37)/t20-,21+,27+/m1/s1. The molecule has 0 fully saturated rings. The van der Waals surface area contributed by atoms with Gasteiger partial charge in [0, 0.05) is 45.5 Å². The number of imide groups is 1. The largest absolute Gasteiger partial charge is 0.464 e. The second-order valence-electron chi connectivity index (χ2n) is 12.4. The molecule has 1 rings (SSSR count). The number of hydrogen-bond donors (Lipinski definition) is 4. The van der Waals surface area contributed by atoms with Gasteiger partial charge in [-0.1, -0.05) is 40.4 Å². The van der Waals surface area contributed by atoms with Crippen LogP contribution in [0.15, 0.2) is 12.2 Å². The van der Waals surface area contributed by atoms with Crippen LogP contribution in [0.3, 0.4) is 0 Å². The van der Waals surface area contributed by atoms with E-state index in [9.17, 15) is 33.6 Å². The lowest BCUT2D eigenvalue weighted by molar-refractivity contribution is -0.147. The first-order valence-corrected chi connectivity index (χ1v) is 18.6. The fraction of sp³-hybridized carbons (Fsp3) is 0.690. The van der Waals surface area contributed by atoms with Crippen molar-refractivity contribution in [2.24, 2.45) is 17.6 Å². The quantitative estimate of drug-likeness (QED) is 0.0652. The van der Waals surface area contributed by atoms with Crippen LogP contribution in [0.4, 0.5) is 0 Å². The van der Waals surface area contributed by atoms with E-state index >= 15 is 0 Å². The average molecular weight is 624 g/mol. The number of amides is 5. The fourth-order valence-corrected chi connectivity index (χ4v) is 4.84. The van der Waals surface area contributed by atoms with Crippen molar-refractivity contribution < 1.29 is 38.3 Å². The Balaban J connectivity index is 2.56. The highest BCUT2D eigenvalue weighted by molar-refractivity contribution is 6.76. The molecule has 0 bridgehead atoms. The van der Waals surface area contributed by atoms with Gasteiger partial charge in [0.25, 0.3) is 11.8 Å². The van der Waals surface area contributed by atoms with Gasteiger partial charge in [-0.15, -0.1) is 0 Å². The van der Waals surface area contributed by atoms with Gasteiger partial charge >= 0.3 is 5.97 Å². The zero-order valence-corrected chi connectivity index (χ0v) is 27.3. The van der Waals surface area contributed by atoms with Gasteiger partial charge in [0.05, 0.1) is 12.6 Å². The van der Waals surface area contributed by atoms with E-state index in [1.54, 1.807) is 20.8 Å². The van der Waals surface area contributed by atoms with Crippen molar-refractivity contribution in [2.45, 2.75) is 90.6 Å².